The highest BCUT2D eigenvalue weighted by molar-refractivity contribution is 7.86. The van der Waals surface area contributed by atoms with Crippen LogP contribution in [0.1, 0.15) is 18.9 Å². The monoisotopic (exact) mass is 394 g/mol. The minimum absolute atomic E-state index is 0.0349. The number of ether oxygens (including phenoxy) is 3. The highest BCUT2D eigenvalue weighted by Crippen LogP contribution is 2.12. The van der Waals surface area contributed by atoms with Crippen LogP contribution >= 0.6 is 0 Å². The van der Waals surface area contributed by atoms with Crippen molar-refractivity contribution in [3.63, 3.8) is 0 Å². The highest BCUT2D eigenvalue weighted by atomic mass is 32.2. The third-order valence-corrected chi connectivity index (χ3v) is 4.19. The molecule has 0 aliphatic carbocycles. The van der Waals surface area contributed by atoms with E-state index in [1.807, 2.05) is 55.5 Å². The molecular weight excluding hydrogens is 368 g/mol. The molecule has 0 heterocycles. The Balaban J connectivity index is 1.86. The van der Waals surface area contributed by atoms with Gasteiger partial charge < -0.3 is 14.2 Å². The first-order valence-corrected chi connectivity index (χ1v) is 10.6. The molecule has 0 bridgehead atoms. The summed E-state index contributed by atoms with van der Waals surface area (Å²) < 4.78 is 45.2. The lowest BCUT2D eigenvalue weighted by Crippen LogP contribution is -2.32. The zero-order chi connectivity index (χ0) is 19.5. The Morgan fingerprint density at radius 3 is 2.11 bits per heavy atom. The molecule has 0 N–H and O–H groups in total. The smallest absolute Gasteiger partial charge is 0.264 e. The van der Waals surface area contributed by atoms with Crippen LogP contribution < -0.4 is 4.74 Å². The van der Waals surface area contributed by atoms with Crippen LogP contribution in [-0.2, 0) is 30.4 Å². The molecule has 0 fully saturated rings. The summed E-state index contributed by atoms with van der Waals surface area (Å²) in [5.74, 6) is 0.631. The van der Waals surface area contributed by atoms with Crippen molar-refractivity contribution >= 4 is 10.1 Å². The molecule has 2 aromatic rings. The summed E-state index contributed by atoms with van der Waals surface area (Å²) in [6.07, 6.45) is 0.395. The molecule has 2 atom stereocenters. The van der Waals surface area contributed by atoms with Crippen molar-refractivity contribution in [2.24, 2.45) is 0 Å². The molecule has 2 rings (SSSR count). The van der Waals surface area contributed by atoms with Crippen LogP contribution in [0.2, 0.25) is 0 Å². The molecular formula is C20H26O6S. The standard InChI is InChI=1S/C20H26O6S/c1-3-20(24-14-17-10-6-4-7-11-17)25-16-19(26-27(2,21)22)15-23-18-12-8-5-9-13-18/h4-13,19-20H,3,14-16H2,1-2H3. The van der Waals surface area contributed by atoms with Gasteiger partial charge in [0.15, 0.2) is 6.29 Å². The Bertz CT molecular complexity index is 749. The lowest BCUT2D eigenvalue weighted by Gasteiger charge is -2.22. The fourth-order valence-corrected chi connectivity index (χ4v) is 2.92. The second kappa shape index (κ2) is 11.0. The maximum Gasteiger partial charge on any atom is 0.264 e. The predicted molar refractivity (Wildman–Crippen MR) is 103 cm³/mol. The van der Waals surface area contributed by atoms with Crippen LogP contribution in [0.15, 0.2) is 60.7 Å². The second-order valence-corrected chi connectivity index (χ2v) is 7.61. The van der Waals surface area contributed by atoms with Crippen molar-refractivity contribution in [3.8, 4) is 5.75 Å². The minimum atomic E-state index is -3.64. The van der Waals surface area contributed by atoms with E-state index in [-0.39, 0.29) is 13.2 Å². The van der Waals surface area contributed by atoms with Crippen LogP contribution in [0, 0.1) is 0 Å². The first kappa shape index (κ1) is 21.4. The average Bonchev–Trinajstić information content (AvgIpc) is 2.66. The molecule has 0 aliphatic heterocycles. The topological polar surface area (TPSA) is 71.1 Å². The molecule has 148 valence electrons. The van der Waals surface area contributed by atoms with Crippen molar-refractivity contribution in [2.45, 2.75) is 32.3 Å². The molecule has 0 saturated carbocycles. The van der Waals surface area contributed by atoms with Gasteiger partial charge in [0.25, 0.3) is 10.1 Å². The Morgan fingerprint density at radius 1 is 0.889 bits per heavy atom. The zero-order valence-electron chi connectivity index (χ0n) is 15.6. The summed E-state index contributed by atoms with van der Waals surface area (Å²) in [6.45, 7) is 2.43. The van der Waals surface area contributed by atoms with E-state index in [2.05, 4.69) is 0 Å². The van der Waals surface area contributed by atoms with Gasteiger partial charge in [0.2, 0.25) is 0 Å². The third kappa shape index (κ3) is 9.01. The quantitative estimate of drug-likeness (QED) is 0.406. The molecule has 0 spiro atoms. The lowest BCUT2D eigenvalue weighted by molar-refractivity contribution is -0.164. The van der Waals surface area contributed by atoms with Crippen molar-refractivity contribution < 1.29 is 26.8 Å². The maximum absolute atomic E-state index is 11.5. The molecule has 0 aliphatic rings. The van der Waals surface area contributed by atoms with Crippen LogP contribution in [-0.4, -0.2) is 40.3 Å². The number of hydrogen-bond donors (Lipinski definition) is 0. The number of benzene rings is 2. The van der Waals surface area contributed by atoms with Crippen LogP contribution in [0.5, 0.6) is 5.75 Å². The first-order valence-electron chi connectivity index (χ1n) is 8.79. The van der Waals surface area contributed by atoms with Gasteiger partial charge >= 0.3 is 0 Å². The Morgan fingerprint density at radius 2 is 1.52 bits per heavy atom. The second-order valence-electron chi connectivity index (χ2n) is 6.01. The van der Waals surface area contributed by atoms with E-state index in [9.17, 15) is 8.42 Å². The first-order chi connectivity index (χ1) is 13.0. The van der Waals surface area contributed by atoms with Crippen molar-refractivity contribution in [1.82, 2.24) is 0 Å². The van der Waals surface area contributed by atoms with Gasteiger partial charge in [-0.2, -0.15) is 8.42 Å². The molecule has 6 nitrogen and oxygen atoms in total. The average molecular weight is 394 g/mol. The lowest BCUT2D eigenvalue weighted by atomic mass is 10.2. The number of para-hydroxylation sites is 1. The largest absolute Gasteiger partial charge is 0.491 e. The Kier molecular flexibility index (Phi) is 8.74. The fraction of sp³-hybridized carbons (Fsp3) is 0.400. The summed E-state index contributed by atoms with van der Waals surface area (Å²) in [5.41, 5.74) is 1.04. The van der Waals surface area contributed by atoms with Gasteiger partial charge in [-0.05, 0) is 24.1 Å². The van der Waals surface area contributed by atoms with Crippen molar-refractivity contribution in [1.29, 1.82) is 0 Å². The van der Waals surface area contributed by atoms with Gasteiger partial charge in [-0.3, -0.25) is 4.18 Å². The number of rotatable bonds is 12. The van der Waals surface area contributed by atoms with E-state index in [1.165, 1.54) is 0 Å². The Hall–Kier alpha value is -1.93. The minimum Gasteiger partial charge on any atom is -0.491 e. The maximum atomic E-state index is 11.5. The van der Waals surface area contributed by atoms with Crippen LogP contribution in [0.3, 0.4) is 0 Å². The zero-order valence-corrected chi connectivity index (χ0v) is 16.4. The van der Waals surface area contributed by atoms with Crippen molar-refractivity contribution in [3.05, 3.63) is 66.2 Å². The summed E-state index contributed by atoms with van der Waals surface area (Å²) in [7, 11) is -3.64. The molecule has 27 heavy (non-hydrogen) atoms. The molecule has 7 heteroatoms. The van der Waals surface area contributed by atoms with Gasteiger partial charge in [0.05, 0.1) is 19.5 Å². The fourth-order valence-electron chi connectivity index (χ4n) is 2.32. The SMILES string of the molecule is CCC(OCc1ccccc1)OCC(COc1ccccc1)OS(C)(=O)=O. The van der Waals surface area contributed by atoms with E-state index < -0.39 is 22.5 Å². The van der Waals surface area contributed by atoms with E-state index in [0.717, 1.165) is 11.8 Å². The molecule has 2 aromatic carbocycles. The van der Waals surface area contributed by atoms with Crippen LogP contribution in [0.25, 0.3) is 0 Å². The van der Waals surface area contributed by atoms with Gasteiger partial charge in [-0.15, -0.1) is 0 Å². The Labute approximate surface area is 161 Å². The van der Waals surface area contributed by atoms with Gasteiger partial charge in [0, 0.05) is 0 Å². The summed E-state index contributed by atoms with van der Waals surface area (Å²) >= 11 is 0. The van der Waals surface area contributed by atoms with E-state index in [4.69, 9.17) is 18.4 Å². The highest BCUT2D eigenvalue weighted by Gasteiger charge is 2.19. The van der Waals surface area contributed by atoms with Gasteiger partial charge in [-0.1, -0.05) is 55.5 Å². The van der Waals surface area contributed by atoms with Gasteiger partial charge in [-0.25, -0.2) is 0 Å². The molecule has 0 amide bonds. The van der Waals surface area contributed by atoms with E-state index >= 15 is 0 Å². The number of hydrogen-bond acceptors (Lipinski definition) is 6. The normalized spacial score (nSPS) is 13.9. The third-order valence-electron chi connectivity index (χ3n) is 3.57. The molecule has 2 unspecified atom stereocenters. The summed E-state index contributed by atoms with van der Waals surface area (Å²) in [6, 6.07) is 18.9. The van der Waals surface area contributed by atoms with Gasteiger partial charge in [0.1, 0.15) is 18.5 Å². The van der Waals surface area contributed by atoms with E-state index in [1.54, 1.807) is 12.1 Å². The van der Waals surface area contributed by atoms with Crippen LogP contribution in [0.4, 0.5) is 0 Å². The molecule has 0 aromatic heterocycles. The molecule has 0 saturated heterocycles. The summed E-state index contributed by atoms with van der Waals surface area (Å²) in [5, 5.41) is 0. The molecule has 0 radical (unpaired) electrons. The van der Waals surface area contributed by atoms with E-state index in [0.29, 0.717) is 18.8 Å². The summed E-state index contributed by atoms with van der Waals surface area (Å²) in [4.78, 5) is 0. The van der Waals surface area contributed by atoms with Crippen molar-refractivity contribution in [2.75, 3.05) is 19.5 Å². The predicted octanol–water partition coefficient (Wildman–Crippen LogP) is 3.38.